The van der Waals surface area contributed by atoms with Crippen molar-refractivity contribution >= 4 is 5.91 Å². The van der Waals surface area contributed by atoms with E-state index in [1.807, 2.05) is 6.08 Å². The summed E-state index contributed by atoms with van der Waals surface area (Å²) >= 11 is 0. The normalized spacial score (nSPS) is 18.1. The summed E-state index contributed by atoms with van der Waals surface area (Å²) in [5, 5.41) is 54.8. The zero-order chi connectivity index (χ0) is 64.2. The van der Waals surface area contributed by atoms with E-state index in [0.717, 1.165) is 51.4 Å². The van der Waals surface area contributed by atoms with Crippen LogP contribution in [0, 0.1) is 0 Å². The number of carbonyl (C=O) groups is 1. The molecule has 1 aliphatic rings. The van der Waals surface area contributed by atoms with E-state index in [2.05, 4.69) is 67.8 Å². The molecule has 6 N–H and O–H groups in total. The lowest BCUT2D eigenvalue weighted by atomic mass is 9.99. The zero-order valence-corrected chi connectivity index (χ0v) is 58.7. The molecular weight excluding hydrogens is 1100 g/mol. The van der Waals surface area contributed by atoms with Crippen molar-refractivity contribution in [1.29, 1.82) is 0 Å². The maximum atomic E-state index is 13.2. The Labute approximate surface area is 551 Å². The molecule has 0 radical (unpaired) electrons. The molecule has 9 nitrogen and oxygen atoms in total. The van der Waals surface area contributed by atoms with Crippen LogP contribution in [0.3, 0.4) is 0 Å². The maximum Gasteiger partial charge on any atom is 0.220 e. The number of ether oxygens (including phenoxy) is 2. The van der Waals surface area contributed by atoms with Gasteiger partial charge in [0.25, 0.3) is 0 Å². The number of rotatable bonds is 69. The summed E-state index contributed by atoms with van der Waals surface area (Å²) in [4.78, 5) is 13.2. The Kier molecular flexibility index (Phi) is 65.6. The van der Waals surface area contributed by atoms with Crippen LogP contribution >= 0.6 is 0 Å². The third-order valence-corrected chi connectivity index (χ3v) is 18.6. The predicted molar refractivity (Wildman–Crippen MR) is 382 cm³/mol. The first-order valence-corrected chi connectivity index (χ1v) is 39.0. The molecule has 0 bridgehead atoms. The minimum atomic E-state index is -1.57. The van der Waals surface area contributed by atoms with Crippen LogP contribution in [-0.2, 0) is 14.3 Å². The van der Waals surface area contributed by atoms with Crippen molar-refractivity contribution in [2.75, 3.05) is 13.2 Å². The summed E-state index contributed by atoms with van der Waals surface area (Å²) in [7, 11) is 0. The molecule has 0 aromatic carbocycles. The van der Waals surface area contributed by atoms with Gasteiger partial charge in [-0.1, -0.05) is 370 Å². The molecule has 1 fully saturated rings. The van der Waals surface area contributed by atoms with Gasteiger partial charge in [0.05, 0.1) is 25.4 Å². The number of nitrogens with one attached hydrogen (secondary N) is 1. The second-order valence-corrected chi connectivity index (χ2v) is 27.1. The molecule has 9 heteroatoms. The van der Waals surface area contributed by atoms with Crippen molar-refractivity contribution in [2.24, 2.45) is 0 Å². The monoisotopic (exact) mass is 1250 g/mol. The Morgan fingerprint density at radius 3 is 1.02 bits per heavy atom. The number of aliphatic hydroxyl groups excluding tert-OH is 5. The molecule has 89 heavy (non-hydrogen) atoms. The van der Waals surface area contributed by atoms with Gasteiger partial charge in [-0.25, -0.2) is 0 Å². The summed E-state index contributed by atoms with van der Waals surface area (Å²) < 4.78 is 11.3. The number of hydrogen-bond donors (Lipinski definition) is 6. The van der Waals surface area contributed by atoms with Gasteiger partial charge in [-0.3, -0.25) is 4.79 Å². The quantitative estimate of drug-likeness (QED) is 0.0261. The molecule has 1 saturated heterocycles. The molecule has 7 atom stereocenters. The molecule has 0 aromatic rings. The Hall–Kier alpha value is -2.11. The minimum absolute atomic E-state index is 0.179. The lowest BCUT2D eigenvalue weighted by molar-refractivity contribution is -0.302. The Morgan fingerprint density at radius 1 is 0.382 bits per heavy atom. The van der Waals surface area contributed by atoms with Crippen molar-refractivity contribution in [3.8, 4) is 0 Å². The smallest absolute Gasteiger partial charge is 0.220 e. The first kappa shape index (κ1) is 84.9. The van der Waals surface area contributed by atoms with Gasteiger partial charge in [0.2, 0.25) is 5.91 Å². The summed E-state index contributed by atoms with van der Waals surface area (Å²) in [6.45, 7) is 3.80. The topological polar surface area (TPSA) is 149 Å². The number of carbonyl (C=O) groups excluding carboxylic acids is 1. The molecule has 1 rings (SSSR count). The molecule has 1 amide bonds. The fraction of sp³-hybridized carbons (Fsp3) is 0.863. The molecule has 0 aliphatic carbocycles. The lowest BCUT2D eigenvalue weighted by Crippen LogP contribution is -2.60. The molecule has 7 unspecified atom stereocenters. The predicted octanol–water partition coefficient (Wildman–Crippen LogP) is 22.1. The molecule has 0 aromatic heterocycles. The summed E-state index contributed by atoms with van der Waals surface area (Å²) in [5.74, 6) is -0.179. The van der Waals surface area contributed by atoms with Crippen LogP contribution in [0.4, 0.5) is 0 Å². The van der Waals surface area contributed by atoms with Crippen molar-refractivity contribution in [2.45, 2.75) is 429 Å². The van der Waals surface area contributed by atoms with Gasteiger partial charge in [-0.05, 0) is 70.6 Å². The van der Waals surface area contributed by atoms with Crippen molar-refractivity contribution < 1.29 is 39.8 Å². The van der Waals surface area contributed by atoms with E-state index in [9.17, 15) is 30.3 Å². The fourth-order valence-corrected chi connectivity index (χ4v) is 12.5. The van der Waals surface area contributed by atoms with Gasteiger partial charge < -0.3 is 40.3 Å². The average molecular weight is 1250 g/mol. The summed E-state index contributed by atoms with van der Waals surface area (Å²) in [6, 6.07) is -0.823. The molecular formula is C80H149NO8. The Bertz CT molecular complexity index is 1600. The highest BCUT2D eigenvalue weighted by atomic mass is 16.7. The first-order valence-electron chi connectivity index (χ1n) is 39.0. The number of allylic oxidation sites excluding steroid dienone is 9. The van der Waals surface area contributed by atoms with E-state index in [1.54, 1.807) is 6.08 Å². The third kappa shape index (κ3) is 57.1. The lowest BCUT2D eigenvalue weighted by Gasteiger charge is -2.40. The van der Waals surface area contributed by atoms with Gasteiger partial charge in [-0.2, -0.15) is 0 Å². The van der Waals surface area contributed by atoms with Crippen LogP contribution < -0.4 is 5.32 Å². The standard InChI is InChI=1S/C80H149NO8/c1-3-5-7-9-11-13-15-17-19-21-23-25-27-29-30-31-32-33-34-35-36-37-38-39-40-41-42-43-44-46-48-50-52-54-56-58-60-62-64-66-68-70-76(84)81-73(72-88-80-79(87)78(86)77(85)75(71-82)89-80)74(83)69-67-65-63-61-59-57-55-53-51-49-47-45-28-26-24-22-20-18-16-14-12-10-8-6-4-2/h15,17,21,23,27,29,59,61,67,69,73-75,77-80,82-83,85-87H,3-14,16,18-20,22,24-26,28,30-58,60,62-66,68,70-72H2,1-2H3,(H,81,84)/b17-15-,23-21-,29-27-,61-59+,69-67+. The zero-order valence-electron chi connectivity index (χ0n) is 58.7. The van der Waals surface area contributed by atoms with Gasteiger partial charge in [0, 0.05) is 6.42 Å². The van der Waals surface area contributed by atoms with E-state index in [4.69, 9.17) is 9.47 Å². The third-order valence-electron chi connectivity index (χ3n) is 18.6. The van der Waals surface area contributed by atoms with Crippen molar-refractivity contribution in [1.82, 2.24) is 5.32 Å². The van der Waals surface area contributed by atoms with Gasteiger partial charge in [0.1, 0.15) is 24.4 Å². The van der Waals surface area contributed by atoms with Gasteiger partial charge in [0.15, 0.2) is 6.29 Å². The van der Waals surface area contributed by atoms with Gasteiger partial charge >= 0.3 is 0 Å². The van der Waals surface area contributed by atoms with Crippen LogP contribution in [-0.4, -0.2) is 87.5 Å². The number of unbranched alkanes of at least 4 members (excludes halogenated alkanes) is 51. The number of hydrogen-bond acceptors (Lipinski definition) is 8. The van der Waals surface area contributed by atoms with Crippen LogP contribution in [0.25, 0.3) is 0 Å². The Morgan fingerprint density at radius 2 is 0.674 bits per heavy atom. The molecule has 522 valence electrons. The van der Waals surface area contributed by atoms with Crippen LogP contribution in [0.5, 0.6) is 0 Å². The van der Waals surface area contributed by atoms with Crippen LogP contribution in [0.1, 0.15) is 386 Å². The van der Waals surface area contributed by atoms with Crippen LogP contribution in [0.15, 0.2) is 60.8 Å². The fourth-order valence-electron chi connectivity index (χ4n) is 12.5. The number of amides is 1. The minimum Gasteiger partial charge on any atom is -0.394 e. The van der Waals surface area contributed by atoms with E-state index in [0.29, 0.717) is 6.42 Å². The largest absolute Gasteiger partial charge is 0.394 e. The Balaban J connectivity index is 2.06. The second kappa shape index (κ2) is 68.7. The summed E-state index contributed by atoms with van der Waals surface area (Å²) in [6.07, 6.45) is 89.4. The van der Waals surface area contributed by atoms with E-state index in [1.165, 1.54) is 315 Å². The first-order chi connectivity index (χ1) is 43.8. The van der Waals surface area contributed by atoms with Crippen LogP contribution in [0.2, 0.25) is 0 Å². The highest BCUT2D eigenvalue weighted by Crippen LogP contribution is 2.24. The maximum absolute atomic E-state index is 13.2. The van der Waals surface area contributed by atoms with Crippen molar-refractivity contribution in [3.63, 3.8) is 0 Å². The van der Waals surface area contributed by atoms with Crippen molar-refractivity contribution in [3.05, 3.63) is 60.8 Å². The molecule has 0 spiro atoms. The number of aliphatic hydroxyl groups is 5. The average Bonchev–Trinajstić information content (AvgIpc) is 2.59. The van der Waals surface area contributed by atoms with Gasteiger partial charge in [-0.15, -0.1) is 0 Å². The molecule has 1 aliphatic heterocycles. The summed E-state index contributed by atoms with van der Waals surface area (Å²) in [5.41, 5.74) is 0. The second-order valence-electron chi connectivity index (χ2n) is 27.1. The molecule has 0 saturated carbocycles. The van der Waals surface area contributed by atoms with E-state index >= 15 is 0 Å². The highest BCUT2D eigenvalue weighted by molar-refractivity contribution is 5.76. The highest BCUT2D eigenvalue weighted by Gasteiger charge is 2.44. The van der Waals surface area contributed by atoms with E-state index < -0.39 is 49.5 Å². The molecule has 1 heterocycles. The SMILES string of the molecule is CCCCCCC/C=C\C/C=C\C/C=C\CCCCCCCCCCCCCCCCCCCCCCCCCCCCC(=O)NC(COC1OC(CO)C(O)C(O)C1O)C(O)/C=C/CC/C=C/CCCCCCCCCCCCCCCCCCCCC. The van der Waals surface area contributed by atoms with E-state index in [-0.39, 0.29) is 12.5 Å².